The first-order chi connectivity index (χ1) is 8.69. The van der Waals surface area contributed by atoms with Crippen LogP contribution in [0.15, 0.2) is 18.2 Å². The second-order valence-electron chi connectivity index (χ2n) is 5.27. The molecule has 0 aliphatic carbocycles. The van der Waals surface area contributed by atoms with E-state index in [1.165, 1.54) is 0 Å². The van der Waals surface area contributed by atoms with Crippen LogP contribution in [0.4, 0.5) is 4.79 Å². The van der Waals surface area contributed by atoms with Crippen LogP contribution in [0.3, 0.4) is 0 Å². The predicted octanol–water partition coefficient (Wildman–Crippen LogP) is 3.12. The maximum Gasteiger partial charge on any atom is 0.315 e. The maximum absolute atomic E-state index is 11.5. The van der Waals surface area contributed by atoms with Gasteiger partial charge in [-0.25, -0.2) is 4.79 Å². The van der Waals surface area contributed by atoms with Gasteiger partial charge in [0.1, 0.15) is 0 Å². The first-order valence-corrected chi connectivity index (χ1v) is 6.63. The van der Waals surface area contributed by atoms with Crippen molar-refractivity contribution in [3.8, 4) is 0 Å². The third-order valence-corrected chi connectivity index (χ3v) is 2.83. The van der Waals surface area contributed by atoms with Gasteiger partial charge in [0.2, 0.25) is 0 Å². The molecule has 0 spiro atoms. The van der Waals surface area contributed by atoms with E-state index in [2.05, 4.69) is 10.6 Å². The summed E-state index contributed by atoms with van der Waals surface area (Å²) >= 11 is 11.7. The van der Waals surface area contributed by atoms with Gasteiger partial charge in [-0.05, 0) is 32.9 Å². The van der Waals surface area contributed by atoms with Crippen LogP contribution in [0.2, 0.25) is 10.0 Å². The molecule has 3 N–H and O–H groups in total. The minimum atomic E-state index is -0.879. The number of carbonyl (C=O) groups is 1. The van der Waals surface area contributed by atoms with Crippen molar-refractivity contribution in [1.29, 1.82) is 0 Å². The molecule has 0 fully saturated rings. The molecule has 1 atom stereocenters. The Kier molecular flexibility index (Phi) is 5.47. The number of hydrogen-bond donors (Lipinski definition) is 3. The van der Waals surface area contributed by atoms with Crippen molar-refractivity contribution >= 4 is 29.2 Å². The topological polar surface area (TPSA) is 61.4 Å². The van der Waals surface area contributed by atoms with E-state index in [0.29, 0.717) is 15.6 Å². The fraction of sp³-hybridized carbons (Fsp3) is 0.462. The standard InChI is InChI=1S/C13H18Cl2N2O2/c1-13(2,3)17-12(19)16-7-11(18)9-5-4-8(14)6-10(9)15/h4-6,11,18H,7H2,1-3H3,(H2,16,17,19). The molecule has 1 aromatic rings. The van der Waals surface area contributed by atoms with E-state index in [9.17, 15) is 9.90 Å². The molecule has 0 aliphatic heterocycles. The van der Waals surface area contributed by atoms with Crippen molar-refractivity contribution in [3.63, 3.8) is 0 Å². The molecule has 4 nitrogen and oxygen atoms in total. The van der Waals surface area contributed by atoms with Gasteiger partial charge < -0.3 is 15.7 Å². The largest absolute Gasteiger partial charge is 0.387 e. The smallest absolute Gasteiger partial charge is 0.315 e. The summed E-state index contributed by atoms with van der Waals surface area (Å²) in [6.07, 6.45) is -0.879. The zero-order valence-corrected chi connectivity index (χ0v) is 12.6. The lowest BCUT2D eigenvalue weighted by Gasteiger charge is -2.21. The molecular weight excluding hydrogens is 287 g/mol. The van der Waals surface area contributed by atoms with Crippen LogP contribution in [0.25, 0.3) is 0 Å². The molecule has 6 heteroatoms. The number of aliphatic hydroxyl groups is 1. The Morgan fingerprint density at radius 1 is 1.37 bits per heavy atom. The number of hydrogen-bond acceptors (Lipinski definition) is 2. The van der Waals surface area contributed by atoms with Gasteiger partial charge in [0.25, 0.3) is 0 Å². The lowest BCUT2D eigenvalue weighted by Crippen LogP contribution is -2.47. The number of rotatable bonds is 3. The monoisotopic (exact) mass is 304 g/mol. The molecule has 1 rings (SSSR count). The number of aliphatic hydroxyl groups excluding tert-OH is 1. The van der Waals surface area contributed by atoms with E-state index in [0.717, 1.165) is 0 Å². The summed E-state index contributed by atoms with van der Waals surface area (Å²) in [5.41, 5.74) is 0.203. The summed E-state index contributed by atoms with van der Waals surface area (Å²) in [5, 5.41) is 16.2. The third-order valence-electron chi connectivity index (χ3n) is 2.27. The van der Waals surface area contributed by atoms with E-state index in [-0.39, 0.29) is 18.1 Å². The second-order valence-corrected chi connectivity index (χ2v) is 6.11. The number of nitrogens with one attached hydrogen (secondary N) is 2. The van der Waals surface area contributed by atoms with Crippen molar-refractivity contribution < 1.29 is 9.90 Å². The highest BCUT2D eigenvalue weighted by atomic mass is 35.5. The first-order valence-electron chi connectivity index (χ1n) is 5.88. The normalized spacial score (nSPS) is 12.9. The molecular formula is C13H18Cl2N2O2. The maximum atomic E-state index is 11.5. The Morgan fingerprint density at radius 2 is 2.00 bits per heavy atom. The van der Waals surface area contributed by atoms with Gasteiger partial charge in [0, 0.05) is 27.7 Å². The van der Waals surface area contributed by atoms with Crippen molar-refractivity contribution in [1.82, 2.24) is 10.6 Å². The van der Waals surface area contributed by atoms with Gasteiger partial charge in [0.05, 0.1) is 6.10 Å². The number of amides is 2. The summed E-state index contributed by atoms with van der Waals surface area (Å²) in [4.78, 5) is 11.5. The molecule has 0 heterocycles. The Balaban J connectivity index is 2.56. The van der Waals surface area contributed by atoms with Crippen LogP contribution in [0.5, 0.6) is 0 Å². The highest BCUT2D eigenvalue weighted by Gasteiger charge is 2.16. The number of urea groups is 1. The molecule has 0 radical (unpaired) electrons. The second kappa shape index (κ2) is 6.46. The number of carbonyl (C=O) groups excluding carboxylic acids is 1. The molecule has 0 aromatic heterocycles. The zero-order chi connectivity index (χ0) is 14.6. The van der Waals surface area contributed by atoms with Crippen molar-refractivity contribution in [3.05, 3.63) is 33.8 Å². The van der Waals surface area contributed by atoms with Crippen LogP contribution < -0.4 is 10.6 Å². The third kappa shape index (κ3) is 5.68. The predicted molar refractivity (Wildman–Crippen MR) is 77.7 cm³/mol. The van der Waals surface area contributed by atoms with Crippen LogP contribution in [0.1, 0.15) is 32.4 Å². The van der Waals surface area contributed by atoms with Crippen molar-refractivity contribution in [2.45, 2.75) is 32.4 Å². The van der Waals surface area contributed by atoms with Crippen LogP contribution in [-0.4, -0.2) is 23.2 Å². The average molecular weight is 305 g/mol. The highest BCUT2D eigenvalue weighted by molar-refractivity contribution is 6.35. The Labute approximate surface area is 123 Å². The number of halogens is 2. The summed E-state index contributed by atoms with van der Waals surface area (Å²) in [7, 11) is 0. The van der Waals surface area contributed by atoms with Crippen LogP contribution in [-0.2, 0) is 0 Å². The minimum absolute atomic E-state index is 0.0727. The van der Waals surface area contributed by atoms with Crippen molar-refractivity contribution in [2.75, 3.05) is 6.54 Å². The van der Waals surface area contributed by atoms with E-state index >= 15 is 0 Å². The van der Waals surface area contributed by atoms with Gasteiger partial charge in [-0.1, -0.05) is 29.3 Å². The van der Waals surface area contributed by atoms with Crippen LogP contribution in [0, 0.1) is 0 Å². The summed E-state index contributed by atoms with van der Waals surface area (Å²) in [6, 6.07) is 4.49. The average Bonchev–Trinajstić information content (AvgIpc) is 2.23. The van der Waals surface area contributed by atoms with Gasteiger partial charge in [-0.15, -0.1) is 0 Å². The van der Waals surface area contributed by atoms with E-state index in [4.69, 9.17) is 23.2 Å². The van der Waals surface area contributed by atoms with Gasteiger partial charge >= 0.3 is 6.03 Å². The fourth-order valence-corrected chi connectivity index (χ4v) is 1.99. The molecule has 2 amide bonds. The SMILES string of the molecule is CC(C)(C)NC(=O)NCC(O)c1ccc(Cl)cc1Cl. The van der Waals surface area contributed by atoms with Gasteiger partial charge in [-0.2, -0.15) is 0 Å². The summed E-state index contributed by atoms with van der Waals surface area (Å²) in [5.74, 6) is 0. The lowest BCUT2D eigenvalue weighted by atomic mass is 10.1. The Hall–Kier alpha value is -0.970. The van der Waals surface area contributed by atoms with E-state index < -0.39 is 6.10 Å². The Bertz CT molecular complexity index is 458. The molecule has 0 bridgehead atoms. The number of benzene rings is 1. The zero-order valence-electron chi connectivity index (χ0n) is 11.1. The first kappa shape index (κ1) is 16.1. The molecule has 1 aromatic carbocycles. The summed E-state index contributed by atoms with van der Waals surface area (Å²) in [6.45, 7) is 5.69. The quantitative estimate of drug-likeness (QED) is 0.803. The molecule has 106 valence electrons. The molecule has 0 saturated carbocycles. The van der Waals surface area contributed by atoms with Gasteiger partial charge in [-0.3, -0.25) is 0 Å². The minimum Gasteiger partial charge on any atom is -0.387 e. The van der Waals surface area contributed by atoms with E-state index in [1.54, 1.807) is 18.2 Å². The van der Waals surface area contributed by atoms with E-state index in [1.807, 2.05) is 20.8 Å². The Morgan fingerprint density at radius 3 is 2.53 bits per heavy atom. The summed E-state index contributed by atoms with van der Waals surface area (Å²) < 4.78 is 0. The highest BCUT2D eigenvalue weighted by Crippen LogP contribution is 2.25. The molecule has 0 aliphatic rings. The molecule has 19 heavy (non-hydrogen) atoms. The molecule has 0 saturated heterocycles. The molecule has 1 unspecified atom stereocenters. The lowest BCUT2D eigenvalue weighted by molar-refractivity contribution is 0.171. The van der Waals surface area contributed by atoms with Crippen molar-refractivity contribution in [2.24, 2.45) is 0 Å². The fourth-order valence-electron chi connectivity index (χ4n) is 1.46. The van der Waals surface area contributed by atoms with Crippen LogP contribution >= 0.6 is 23.2 Å². The van der Waals surface area contributed by atoms with Gasteiger partial charge in [0.15, 0.2) is 0 Å².